The van der Waals surface area contributed by atoms with E-state index in [0.717, 1.165) is 29.9 Å². The highest BCUT2D eigenvalue weighted by Gasteiger charge is 2.18. The van der Waals surface area contributed by atoms with Gasteiger partial charge in [-0.1, -0.05) is 19.8 Å². The van der Waals surface area contributed by atoms with Gasteiger partial charge in [0.25, 0.3) is 0 Å². The van der Waals surface area contributed by atoms with Gasteiger partial charge in [-0.05, 0) is 43.7 Å². The fraction of sp³-hybridized carbons (Fsp3) is 0.667. The van der Waals surface area contributed by atoms with Crippen LogP contribution in [0.15, 0.2) is 18.3 Å². The molecule has 2 rings (SSSR count). The van der Waals surface area contributed by atoms with Crippen molar-refractivity contribution in [3.05, 3.63) is 18.3 Å². The molecule has 0 spiro atoms. The molecule has 3 nitrogen and oxygen atoms in total. The van der Waals surface area contributed by atoms with Crippen LogP contribution in [0.2, 0.25) is 0 Å². The fourth-order valence-corrected chi connectivity index (χ4v) is 2.56. The van der Waals surface area contributed by atoms with Gasteiger partial charge in [0.15, 0.2) is 0 Å². The van der Waals surface area contributed by atoms with Crippen molar-refractivity contribution in [3.8, 4) is 5.88 Å². The van der Waals surface area contributed by atoms with Gasteiger partial charge in [0, 0.05) is 12.7 Å². The molecule has 18 heavy (non-hydrogen) atoms. The zero-order valence-electron chi connectivity index (χ0n) is 11.5. The lowest BCUT2D eigenvalue weighted by Gasteiger charge is -2.26. The van der Waals surface area contributed by atoms with Crippen molar-refractivity contribution in [1.82, 2.24) is 4.98 Å². The minimum Gasteiger partial charge on any atom is -0.476 e. The molecule has 1 aromatic heterocycles. The molecule has 1 aliphatic rings. The number of hydrogen-bond acceptors (Lipinski definition) is 3. The maximum absolute atomic E-state index is 5.52. The standard InChI is InChI=1S/C15H24N2O/c1-3-18-15-14(5-4-10-16-15)17-11-13-8-6-12(2)7-9-13/h4-5,10,12-13,17H,3,6-9,11H2,1-2H3. The van der Waals surface area contributed by atoms with Crippen molar-refractivity contribution in [2.24, 2.45) is 11.8 Å². The van der Waals surface area contributed by atoms with E-state index in [2.05, 4.69) is 17.2 Å². The topological polar surface area (TPSA) is 34.1 Å². The third-order valence-corrected chi connectivity index (χ3v) is 3.77. The summed E-state index contributed by atoms with van der Waals surface area (Å²) in [7, 11) is 0. The molecule has 0 saturated heterocycles. The molecule has 0 bridgehead atoms. The van der Waals surface area contributed by atoms with Gasteiger partial charge in [-0.3, -0.25) is 0 Å². The Morgan fingerprint density at radius 1 is 1.33 bits per heavy atom. The zero-order valence-corrected chi connectivity index (χ0v) is 11.5. The highest BCUT2D eigenvalue weighted by molar-refractivity contribution is 5.51. The third-order valence-electron chi connectivity index (χ3n) is 3.77. The van der Waals surface area contributed by atoms with Gasteiger partial charge in [0.05, 0.1) is 12.3 Å². The van der Waals surface area contributed by atoms with Crippen molar-refractivity contribution in [2.45, 2.75) is 39.5 Å². The number of nitrogens with one attached hydrogen (secondary N) is 1. The van der Waals surface area contributed by atoms with Crippen LogP contribution >= 0.6 is 0 Å². The average Bonchev–Trinajstić information content (AvgIpc) is 2.40. The highest BCUT2D eigenvalue weighted by Crippen LogP contribution is 2.29. The number of aromatic nitrogens is 1. The minimum absolute atomic E-state index is 0.659. The molecule has 0 aromatic carbocycles. The second-order valence-corrected chi connectivity index (χ2v) is 5.30. The number of hydrogen-bond donors (Lipinski definition) is 1. The Balaban J connectivity index is 1.86. The van der Waals surface area contributed by atoms with Crippen LogP contribution in [0.4, 0.5) is 5.69 Å². The number of nitrogens with zero attached hydrogens (tertiary/aromatic N) is 1. The Morgan fingerprint density at radius 3 is 2.83 bits per heavy atom. The first-order chi connectivity index (χ1) is 8.79. The molecular weight excluding hydrogens is 224 g/mol. The van der Waals surface area contributed by atoms with Gasteiger partial charge in [-0.25, -0.2) is 4.98 Å². The van der Waals surface area contributed by atoms with Gasteiger partial charge < -0.3 is 10.1 Å². The summed E-state index contributed by atoms with van der Waals surface area (Å²) in [5.74, 6) is 2.44. The summed E-state index contributed by atoms with van der Waals surface area (Å²) < 4.78 is 5.52. The van der Waals surface area contributed by atoms with Crippen molar-refractivity contribution in [1.29, 1.82) is 0 Å². The van der Waals surface area contributed by atoms with Crippen molar-refractivity contribution in [3.63, 3.8) is 0 Å². The molecule has 0 radical (unpaired) electrons. The lowest BCUT2D eigenvalue weighted by Crippen LogP contribution is -2.20. The monoisotopic (exact) mass is 248 g/mol. The molecule has 0 aliphatic heterocycles. The Labute approximate surface area is 110 Å². The third kappa shape index (κ3) is 3.62. The second kappa shape index (κ2) is 6.62. The molecule has 1 aliphatic carbocycles. The molecule has 0 amide bonds. The highest BCUT2D eigenvalue weighted by atomic mass is 16.5. The molecule has 3 heteroatoms. The largest absolute Gasteiger partial charge is 0.476 e. The maximum atomic E-state index is 5.52. The lowest BCUT2D eigenvalue weighted by atomic mass is 9.83. The number of rotatable bonds is 5. The molecule has 0 atom stereocenters. The van der Waals surface area contributed by atoms with E-state index in [-0.39, 0.29) is 0 Å². The quantitative estimate of drug-likeness (QED) is 0.862. The van der Waals surface area contributed by atoms with Gasteiger partial charge in [0.2, 0.25) is 5.88 Å². The summed E-state index contributed by atoms with van der Waals surface area (Å²) in [6.07, 6.45) is 7.21. The van der Waals surface area contributed by atoms with Crippen LogP contribution < -0.4 is 10.1 Å². The summed E-state index contributed by atoms with van der Waals surface area (Å²) in [5, 5.41) is 3.50. The van der Waals surface area contributed by atoms with Crippen LogP contribution in [0.5, 0.6) is 5.88 Å². The molecule has 1 aromatic rings. The predicted octanol–water partition coefficient (Wildman–Crippen LogP) is 3.72. The first kappa shape index (κ1) is 13.2. The van der Waals surface area contributed by atoms with Gasteiger partial charge in [-0.2, -0.15) is 0 Å². The van der Waals surface area contributed by atoms with E-state index < -0.39 is 0 Å². The fourth-order valence-electron chi connectivity index (χ4n) is 2.56. The molecule has 1 N–H and O–H groups in total. The Morgan fingerprint density at radius 2 is 2.11 bits per heavy atom. The maximum Gasteiger partial charge on any atom is 0.237 e. The molecule has 1 fully saturated rings. The van der Waals surface area contributed by atoms with Crippen LogP contribution in [0.3, 0.4) is 0 Å². The van der Waals surface area contributed by atoms with E-state index >= 15 is 0 Å². The summed E-state index contributed by atoms with van der Waals surface area (Å²) in [6.45, 7) is 6.05. The summed E-state index contributed by atoms with van der Waals surface area (Å²) >= 11 is 0. The van der Waals surface area contributed by atoms with Gasteiger partial charge >= 0.3 is 0 Å². The van der Waals surface area contributed by atoms with Crippen molar-refractivity contribution in [2.75, 3.05) is 18.5 Å². The average molecular weight is 248 g/mol. The molecule has 1 saturated carbocycles. The molecule has 1 heterocycles. The first-order valence-corrected chi connectivity index (χ1v) is 7.11. The van der Waals surface area contributed by atoms with Crippen LogP contribution in [-0.2, 0) is 0 Å². The Kier molecular flexibility index (Phi) is 4.85. The molecule has 0 unspecified atom stereocenters. The van der Waals surface area contributed by atoms with Gasteiger partial charge in [0.1, 0.15) is 0 Å². The first-order valence-electron chi connectivity index (χ1n) is 7.11. The zero-order chi connectivity index (χ0) is 12.8. The van der Waals surface area contributed by atoms with Gasteiger partial charge in [-0.15, -0.1) is 0 Å². The smallest absolute Gasteiger partial charge is 0.237 e. The lowest BCUT2D eigenvalue weighted by molar-refractivity contribution is 0.299. The van der Waals surface area contributed by atoms with E-state index in [1.165, 1.54) is 25.7 Å². The minimum atomic E-state index is 0.659. The normalized spacial score (nSPS) is 23.7. The Hall–Kier alpha value is -1.25. The Bertz CT molecular complexity index is 359. The molecular formula is C15H24N2O. The van der Waals surface area contributed by atoms with Crippen LogP contribution in [0, 0.1) is 11.8 Å². The van der Waals surface area contributed by atoms with Crippen LogP contribution in [0.1, 0.15) is 39.5 Å². The second-order valence-electron chi connectivity index (χ2n) is 5.30. The summed E-state index contributed by atoms with van der Waals surface area (Å²) in [5.41, 5.74) is 1.03. The van der Waals surface area contributed by atoms with Crippen LogP contribution in [0.25, 0.3) is 0 Å². The molecule has 100 valence electrons. The van der Waals surface area contributed by atoms with Crippen molar-refractivity contribution < 1.29 is 4.74 Å². The summed E-state index contributed by atoms with van der Waals surface area (Å²) in [6, 6.07) is 4.00. The van der Waals surface area contributed by atoms with E-state index in [1.54, 1.807) is 6.20 Å². The van der Waals surface area contributed by atoms with E-state index in [0.29, 0.717) is 6.61 Å². The SMILES string of the molecule is CCOc1ncccc1NCC1CCC(C)CC1. The predicted molar refractivity (Wildman–Crippen MR) is 75.0 cm³/mol. The number of pyridine rings is 1. The number of ether oxygens (including phenoxy) is 1. The van der Waals surface area contributed by atoms with E-state index in [9.17, 15) is 0 Å². The summed E-state index contributed by atoms with van der Waals surface area (Å²) in [4.78, 5) is 4.26. The van der Waals surface area contributed by atoms with Crippen molar-refractivity contribution >= 4 is 5.69 Å². The number of anilines is 1. The van der Waals surface area contributed by atoms with E-state index in [1.807, 2.05) is 19.1 Å². The van der Waals surface area contributed by atoms with Crippen LogP contribution in [-0.4, -0.2) is 18.1 Å². The van der Waals surface area contributed by atoms with E-state index in [4.69, 9.17) is 4.74 Å².